The van der Waals surface area contributed by atoms with Gasteiger partial charge in [0.15, 0.2) is 5.82 Å². The molecule has 3 aromatic rings. The molecule has 1 amide bonds. The summed E-state index contributed by atoms with van der Waals surface area (Å²) in [4.78, 5) is 17.6. The molecule has 0 bridgehead atoms. The highest BCUT2D eigenvalue weighted by molar-refractivity contribution is 5.98. The Bertz CT molecular complexity index is 987. The Morgan fingerprint density at radius 1 is 1.23 bits per heavy atom. The smallest absolute Gasteiger partial charge is 0.270 e. The molecule has 0 spiro atoms. The van der Waals surface area contributed by atoms with Crippen LogP contribution in [0.25, 0.3) is 10.9 Å². The van der Waals surface area contributed by atoms with Gasteiger partial charge in [-0.3, -0.25) is 4.79 Å². The van der Waals surface area contributed by atoms with Gasteiger partial charge in [-0.15, -0.1) is 10.2 Å². The second-order valence-electron chi connectivity index (χ2n) is 6.92. The van der Waals surface area contributed by atoms with Gasteiger partial charge in [0.05, 0.1) is 12.6 Å². The third kappa shape index (κ3) is 2.48. The van der Waals surface area contributed by atoms with Gasteiger partial charge in [-0.25, -0.2) is 4.39 Å². The van der Waals surface area contributed by atoms with Crippen LogP contribution in [0, 0.1) is 5.82 Å². The standard InChI is InChI=1S/C18H19FN6O/c19-12-4-3-11-8-15(21-14(11)9-12)18(26)24-6-7-25-16(10-24)22-23-17(25)13-2-1-5-20-13/h3-4,8-9,13,20-21H,1-2,5-7,10H2/t13-/m1/s1. The molecule has 26 heavy (non-hydrogen) atoms. The maximum Gasteiger partial charge on any atom is 0.270 e. The molecule has 7 nitrogen and oxygen atoms in total. The van der Waals surface area contributed by atoms with E-state index in [1.807, 2.05) is 0 Å². The van der Waals surface area contributed by atoms with Crippen LogP contribution in [-0.2, 0) is 13.1 Å². The molecule has 0 unspecified atom stereocenters. The molecule has 1 aromatic carbocycles. The Hall–Kier alpha value is -2.74. The van der Waals surface area contributed by atoms with Crippen molar-refractivity contribution in [2.75, 3.05) is 13.1 Å². The Labute approximate surface area is 149 Å². The van der Waals surface area contributed by atoms with Crippen molar-refractivity contribution < 1.29 is 9.18 Å². The first-order valence-electron chi connectivity index (χ1n) is 8.92. The zero-order chi connectivity index (χ0) is 17.7. The Kier molecular flexibility index (Phi) is 3.53. The fourth-order valence-electron chi connectivity index (χ4n) is 3.90. The van der Waals surface area contributed by atoms with E-state index in [0.29, 0.717) is 30.8 Å². The quantitative estimate of drug-likeness (QED) is 0.738. The molecule has 4 heterocycles. The second-order valence-corrected chi connectivity index (χ2v) is 6.92. The lowest BCUT2D eigenvalue weighted by atomic mass is 10.2. The monoisotopic (exact) mass is 354 g/mol. The number of nitrogens with zero attached hydrogens (tertiary/aromatic N) is 4. The minimum atomic E-state index is -0.322. The largest absolute Gasteiger partial charge is 0.350 e. The number of fused-ring (bicyclic) bond motifs is 2. The Morgan fingerprint density at radius 2 is 2.15 bits per heavy atom. The molecule has 2 aliphatic rings. The minimum absolute atomic E-state index is 0.101. The number of amides is 1. The minimum Gasteiger partial charge on any atom is -0.350 e. The summed E-state index contributed by atoms with van der Waals surface area (Å²) in [6, 6.07) is 6.50. The number of aromatic nitrogens is 4. The lowest BCUT2D eigenvalue weighted by molar-refractivity contribution is 0.0701. The number of rotatable bonds is 2. The van der Waals surface area contributed by atoms with Crippen LogP contribution in [0.4, 0.5) is 4.39 Å². The van der Waals surface area contributed by atoms with Crippen LogP contribution >= 0.6 is 0 Å². The second kappa shape index (κ2) is 5.91. The molecule has 2 N–H and O–H groups in total. The summed E-state index contributed by atoms with van der Waals surface area (Å²) < 4.78 is 15.5. The average molecular weight is 354 g/mol. The van der Waals surface area contributed by atoms with Crippen LogP contribution in [0.2, 0.25) is 0 Å². The van der Waals surface area contributed by atoms with Crippen molar-refractivity contribution in [3.8, 4) is 0 Å². The van der Waals surface area contributed by atoms with E-state index in [0.717, 1.165) is 36.4 Å². The third-order valence-corrected chi connectivity index (χ3v) is 5.26. The number of nitrogens with one attached hydrogen (secondary N) is 2. The lowest BCUT2D eigenvalue weighted by Gasteiger charge is -2.28. The van der Waals surface area contributed by atoms with Crippen LogP contribution in [0.15, 0.2) is 24.3 Å². The molecular formula is C18H19FN6O. The van der Waals surface area contributed by atoms with Gasteiger partial charge < -0.3 is 19.8 Å². The normalized spacial score (nSPS) is 19.9. The lowest BCUT2D eigenvalue weighted by Crippen LogP contribution is -2.39. The molecular weight excluding hydrogens is 335 g/mol. The van der Waals surface area contributed by atoms with Crippen molar-refractivity contribution in [1.82, 2.24) is 30.0 Å². The zero-order valence-electron chi connectivity index (χ0n) is 14.2. The molecule has 2 aliphatic heterocycles. The zero-order valence-corrected chi connectivity index (χ0v) is 14.2. The molecule has 2 aromatic heterocycles. The topological polar surface area (TPSA) is 78.8 Å². The van der Waals surface area contributed by atoms with E-state index in [9.17, 15) is 9.18 Å². The number of hydrogen-bond acceptors (Lipinski definition) is 4. The number of carbonyl (C=O) groups excluding carboxylic acids is 1. The van der Waals surface area contributed by atoms with Crippen molar-refractivity contribution in [3.63, 3.8) is 0 Å². The maximum atomic E-state index is 13.4. The van der Waals surface area contributed by atoms with Gasteiger partial charge in [0.25, 0.3) is 5.91 Å². The van der Waals surface area contributed by atoms with E-state index in [4.69, 9.17) is 0 Å². The van der Waals surface area contributed by atoms with Crippen LogP contribution in [-0.4, -0.2) is 43.6 Å². The molecule has 1 fully saturated rings. The van der Waals surface area contributed by atoms with Gasteiger partial charge in [-0.05, 0) is 43.7 Å². The number of halogens is 1. The predicted molar refractivity (Wildman–Crippen MR) is 93.0 cm³/mol. The van der Waals surface area contributed by atoms with E-state index in [1.165, 1.54) is 12.1 Å². The average Bonchev–Trinajstić information content (AvgIpc) is 3.38. The van der Waals surface area contributed by atoms with E-state index in [2.05, 4.69) is 25.1 Å². The van der Waals surface area contributed by atoms with Gasteiger partial charge in [0.2, 0.25) is 0 Å². The summed E-state index contributed by atoms with van der Waals surface area (Å²) in [5.41, 5.74) is 1.10. The fourth-order valence-corrected chi connectivity index (χ4v) is 3.90. The van der Waals surface area contributed by atoms with Crippen LogP contribution in [0.1, 0.15) is 41.0 Å². The molecule has 0 radical (unpaired) electrons. The van der Waals surface area contributed by atoms with Gasteiger partial charge >= 0.3 is 0 Å². The van der Waals surface area contributed by atoms with Gasteiger partial charge in [-0.1, -0.05) is 0 Å². The number of carbonyl (C=O) groups is 1. The van der Waals surface area contributed by atoms with Crippen molar-refractivity contribution >= 4 is 16.8 Å². The predicted octanol–water partition coefficient (Wildman–Crippen LogP) is 1.98. The summed E-state index contributed by atoms with van der Waals surface area (Å²) in [5, 5.41) is 12.9. The molecule has 5 rings (SSSR count). The van der Waals surface area contributed by atoms with Gasteiger partial charge in [0.1, 0.15) is 17.3 Å². The number of hydrogen-bond donors (Lipinski definition) is 2. The summed E-state index contributed by atoms with van der Waals surface area (Å²) >= 11 is 0. The summed E-state index contributed by atoms with van der Waals surface area (Å²) in [6.45, 7) is 2.74. The molecule has 0 aliphatic carbocycles. The Morgan fingerprint density at radius 3 is 3.00 bits per heavy atom. The van der Waals surface area contributed by atoms with E-state index < -0.39 is 0 Å². The summed E-state index contributed by atoms with van der Waals surface area (Å²) in [5.74, 6) is 1.37. The first-order valence-corrected chi connectivity index (χ1v) is 8.92. The van der Waals surface area contributed by atoms with Crippen LogP contribution in [0.5, 0.6) is 0 Å². The molecule has 1 atom stereocenters. The highest BCUT2D eigenvalue weighted by Gasteiger charge is 2.29. The SMILES string of the molecule is O=C(c1cc2ccc(F)cc2[nH]1)N1CCn2c(nnc2[C@H]2CCCN2)C1. The molecule has 1 saturated heterocycles. The van der Waals surface area contributed by atoms with Crippen LogP contribution in [0.3, 0.4) is 0 Å². The van der Waals surface area contributed by atoms with Crippen molar-refractivity contribution in [2.24, 2.45) is 0 Å². The highest BCUT2D eigenvalue weighted by atomic mass is 19.1. The fraction of sp³-hybridized carbons (Fsp3) is 0.389. The van der Waals surface area contributed by atoms with E-state index in [1.54, 1.807) is 17.0 Å². The summed E-state index contributed by atoms with van der Waals surface area (Å²) in [6.07, 6.45) is 2.23. The number of benzene rings is 1. The van der Waals surface area contributed by atoms with E-state index >= 15 is 0 Å². The van der Waals surface area contributed by atoms with Crippen molar-refractivity contribution in [1.29, 1.82) is 0 Å². The van der Waals surface area contributed by atoms with Gasteiger partial charge in [-0.2, -0.15) is 0 Å². The van der Waals surface area contributed by atoms with Gasteiger partial charge in [0, 0.05) is 24.0 Å². The highest BCUT2D eigenvalue weighted by Crippen LogP contribution is 2.25. The third-order valence-electron chi connectivity index (χ3n) is 5.26. The molecule has 8 heteroatoms. The molecule has 0 saturated carbocycles. The molecule has 134 valence electrons. The first kappa shape index (κ1) is 15.5. The van der Waals surface area contributed by atoms with Crippen LogP contribution < -0.4 is 5.32 Å². The Balaban J connectivity index is 1.38. The van der Waals surface area contributed by atoms with E-state index in [-0.39, 0.29) is 17.8 Å². The number of aromatic amines is 1. The maximum absolute atomic E-state index is 13.4. The van der Waals surface area contributed by atoms with Crippen molar-refractivity contribution in [2.45, 2.75) is 32.0 Å². The first-order chi connectivity index (χ1) is 12.7. The van der Waals surface area contributed by atoms with Crippen molar-refractivity contribution in [3.05, 3.63) is 47.4 Å². The summed E-state index contributed by atoms with van der Waals surface area (Å²) in [7, 11) is 0. The number of H-pyrrole nitrogens is 1.